The van der Waals surface area contributed by atoms with Crippen molar-refractivity contribution in [3.05, 3.63) is 0 Å². The van der Waals surface area contributed by atoms with Crippen LogP contribution in [0.2, 0.25) is 0 Å². The Bertz CT molecular complexity index is 306. The van der Waals surface area contributed by atoms with Gasteiger partial charge >= 0.3 is 12.0 Å². The fraction of sp³-hybridized carbons (Fsp3) is 0.833. The summed E-state index contributed by atoms with van der Waals surface area (Å²) in [5, 5.41) is 11.2. The number of aliphatic carboxylic acids is 1. The first-order chi connectivity index (χ1) is 9.04. The van der Waals surface area contributed by atoms with Crippen molar-refractivity contribution in [1.82, 2.24) is 10.2 Å². The van der Waals surface area contributed by atoms with Gasteiger partial charge in [0.15, 0.2) is 6.10 Å². The molecule has 0 aromatic carbocycles. The molecule has 0 aliphatic heterocycles. The zero-order chi connectivity index (χ0) is 14.3. The van der Waals surface area contributed by atoms with Crippen molar-refractivity contribution >= 4 is 12.0 Å². The summed E-state index contributed by atoms with van der Waals surface area (Å²) in [6, 6.07) is -0.335. The highest BCUT2D eigenvalue weighted by Gasteiger charge is 2.21. The maximum atomic E-state index is 11.6. The number of rotatable bonds is 9. The SMILES string of the molecule is COC(CNC(=O)N(C)CCOCC1CC1)C(=O)O. The standard InChI is InChI=1S/C12H22N2O5/c1-14(5-6-19-8-9-3-4-9)12(17)13-7-10(18-2)11(15)16/h9-10H,3-8H2,1-2H3,(H,13,17)(H,15,16). The molecular weight excluding hydrogens is 252 g/mol. The van der Waals surface area contributed by atoms with Gasteiger partial charge in [0.25, 0.3) is 0 Å². The van der Waals surface area contributed by atoms with E-state index in [1.807, 2.05) is 0 Å². The van der Waals surface area contributed by atoms with E-state index in [2.05, 4.69) is 5.32 Å². The quantitative estimate of drug-likeness (QED) is 0.584. The minimum atomic E-state index is -1.10. The van der Waals surface area contributed by atoms with E-state index < -0.39 is 12.1 Å². The maximum absolute atomic E-state index is 11.6. The molecule has 0 bridgehead atoms. The van der Waals surface area contributed by atoms with E-state index in [4.69, 9.17) is 14.6 Å². The molecule has 1 aliphatic rings. The predicted molar refractivity (Wildman–Crippen MR) is 68.0 cm³/mol. The fourth-order valence-electron chi connectivity index (χ4n) is 1.42. The zero-order valence-electron chi connectivity index (χ0n) is 11.4. The molecule has 1 atom stereocenters. The van der Waals surface area contributed by atoms with E-state index in [-0.39, 0.29) is 12.6 Å². The van der Waals surface area contributed by atoms with Crippen molar-refractivity contribution in [2.75, 3.05) is 40.5 Å². The summed E-state index contributed by atoms with van der Waals surface area (Å²) in [4.78, 5) is 23.8. The van der Waals surface area contributed by atoms with Crippen molar-refractivity contribution < 1.29 is 24.2 Å². The van der Waals surface area contributed by atoms with E-state index >= 15 is 0 Å². The molecule has 2 amide bonds. The molecule has 1 saturated carbocycles. The van der Waals surface area contributed by atoms with E-state index in [1.54, 1.807) is 7.05 Å². The molecule has 1 aliphatic carbocycles. The van der Waals surface area contributed by atoms with E-state index in [0.717, 1.165) is 6.61 Å². The van der Waals surface area contributed by atoms with Gasteiger partial charge in [0, 0.05) is 27.3 Å². The highest BCUT2D eigenvalue weighted by molar-refractivity contribution is 5.76. The summed E-state index contributed by atoms with van der Waals surface area (Å²) in [5.41, 5.74) is 0. The fourth-order valence-corrected chi connectivity index (χ4v) is 1.42. The number of hydrogen-bond donors (Lipinski definition) is 2. The number of nitrogens with one attached hydrogen (secondary N) is 1. The van der Waals surface area contributed by atoms with Gasteiger partial charge in [-0.1, -0.05) is 0 Å². The van der Waals surface area contributed by atoms with Crippen LogP contribution in [0.25, 0.3) is 0 Å². The van der Waals surface area contributed by atoms with Crippen LogP contribution in [0, 0.1) is 5.92 Å². The summed E-state index contributed by atoms with van der Waals surface area (Å²) in [5.74, 6) is -0.393. The van der Waals surface area contributed by atoms with E-state index in [1.165, 1.54) is 24.9 Å². The highest BCUT2D eigenvalue weighted by atomic mass is 16.5. The summed E-state index contributed by atoms with van der Waals surface area (Å²) in [7, 11) is 2.93. The van der Waals surface area contributed by atoms with Gasteiger partial charge in [0.2, 0.25) is 0 Å². The van der Waals surface area contributed by atoms with Crippen LogP contribution in [0.15, 0.2) is 0 Å². The molecule has 1 unspecified atom stereocenters. The lowest BCUT2D eigenvalue weighted by atomic mass is 10.3. The Morgan fingerprint density at radius 2 is 2.16 bits per heavy atom. The smallest absolute Gasteiger partial charge is 0.334 e. The molecule has 0 radical (unpaired) electrons. The van der Waals surface area contributed by atoms with Crippen LogP contribution < -0.4 is 5.32 Å². The number of hydrogen-bond acceptors (Lipinski definition) is 4. The zero-order valence-corrected chi connectivity index (χ0v) is 11.4. The maximum Gasteiger partial charge on any atom is 0.334 e. The predicted octanol–water partition coefficient (Wildman–Crippen LogP) is 0.154. The number of urea groups is 1. The molecule has 0 aromatic heterocycles. The van der Waals surface area contributed by atoms with Crippen molar-refractivity contribution in [1.29, 1.82) is 0 Å². The second kappa shape index (κ2) is 7.96. The first kappa shape index (κ1) is 15.7. The molecular formula is C12H22N2O5. The third-order valence-electron chi connectivity index (χ3n) is 2.97. The van der Waals surface area contributed by atoms with E-state index in [9.17, 15) is 9.59 Å². The molecule has 19 heavy (non-hydrogen) atoms. The summed E-state index contributed by atoms with van der Waals surface area (Å²) in [6.07, 6.45) is 1.46. The number of carbonyl (C=O) groups excluding carboxylic acids is 1. The average molecular weight is 274 g/mol. The summed E-state index contributed by atoms with van der Waals surface area (Å²) in [6.45, 7) is 1.68. The second-order valence-electron chi connectivity index (χ2n) is 4.69. The third-order valence-corrected chi connectivity index (χ3v) is 2.97. The molecule has 7 nitrogen and oxygen atoms in total. The van der Waals surface area contributed by atoms with Crippen LogP contribution in [0.5, 0.6) is 0 Å². The first-order valence-electron chi connectivity index (χ1n) is 6.37. The molecule has 1 fully saturated rings. The van der Waals surface area contributed by atoms with Crippen molar-refractivity contribution in [2.45, 2.75) is 18.9 Å². The Labute approximate surface area is 112 Å². The lowest BCUT2D eigenvalue weighted by molar-refractivity contribution is -0.148. The highest BCUT2D eigenvalue weighted by Crippen LogP contribution is 2.28. The van der Waals surface area contributed by atoms with Gasteiger partial charge in [-0.25, -0.2) is 9.59 Å². The topological polar surface area (TPSA) is 88.1 Å². The van der Waals surface area contributed by atoms with Gasteiger partial charge in [0.1, 0.15) is 0 Å². The van der Waals surface area contributed by atoms with Crippen LogP contribution >= 0.6 is 0 Å². The lowest BCUT2D eigenvalue weighted by Crippen LogP contribution is -2.44. The molecule has 110 valence electrons. The Morgan fingerprint density at radius 3 is 2.68 bits per heavy atom. The molecule has 2 N–H and O–H groups in total. The van der Waals surface area contributed by atoms with Crippen molar-refractivity contribution in [3.63, 3.8) is 0 Å². The number of amides is 2. The number of likely N-dealkylation sites (N-methyl/N-ethyl adjacent to an activating group) is 1. The molecule has 0 saturated heterocycles. The van der Waals surface area contributed by atoms with Gasteiger partial charge in [-0.2, -0.15) is 0 Å². The molecule has 0 spiro atoms. The van der Waals surface area contributed by atoms with Gasteiger partial charge in [-0.3, -0.25) is 0 Å². The van der Waals surface area contributed by atoms with Crippen LogP contribution in [-0.4, -0.2) is 68.6 Å². The number of nitrogens with zero attached hydrogens (tertiary/aromatic N) is 1. The Balaban J connectivity index is 2.10. The number of methoxy groups -OCH3 is 1. The van der Waals surface area contributed by atoms with Gasteiger partial charge in [-0.05, 0) is 18.8 Å². The average Bonchev–Trinajstić information content (AvgIpc) is 3.18. The van der Waals surface area contributed by atoms with Crippen LogP contribution in [0.3, 0.4) is 0 Å². The lowest BCUT2D eigenvalue weighted by Gasteiger charge is -2.19. The van der Waals surface area contributed by atoms with Crippen molar-refractivity contribution in [3.8, 4) is 0 Å². The minimum absolute atomic E-state index is 0.0576. The largest absolute Gasteiger partial charge is 0.479 e. The van der Waals surface area contributed by atoms with Gasteiger partial charge < -0.3 is 24.8 Å². The number of carboxylic acids is 1. The summed E-state index contributed by atoms with van der Waals surface area (Å²) >= 11 is 0. The molecule has 7 heteroatoms. The van der Waals surface area contributed by atoms with E-state index in [0.29, 0.717) is 19.1 Å². The molecule has 1 rings (SSSR count). The third kappa shape index (κ3) is 6.40. The van der Waals surface area contributed by atoms with Crippen LogP contribution in [0.1, 0.15) is 12.8 Å². The number of carbonyl (C=O) groups is 2. The van der Waals surface area contributed by atoms with Crippen molar-refractivity contribution in [2.24, 2.45) is 5.92 Å². The Kier molecular flexibility index (Phi) is 6.58. The van der Waals surface area contributed by atoms with Crippen LogP contribution in [0.4, 0.5) is 4.79 Å². The van der Waals surface area contributed by atoms with Crippen LogP contribution in [-0.2, 0) is 14.3 Å². The first-order valence-corrected chi connectivity index (χ1v) is 6.37. The Hall–Kier alpha value is -1.34. The monoisotopic (exact) mass is 274 g/mol. The number of carboxylic acid groups (broad SMARTS) is 1. The Morgan fingerprint density at radius 1 is 1.47 bits per heavy atom. The molecule has 0 aromatic rings. The van der Waals surface area contributed by atoms with Gasteiger partial charge in [-0.15, -0.1) is 0 Å². The molecule has 0 heterocycles. The summed E-state index contributed by atoms with van der Waals surface area (Å²) < 4.78 is 10.1. The number of ether oxygens (including phenoxy) is 2. The minimum Gasteiger partial charge on any atom is -0.479 e. The second-order valence-corrected chi connectivity index (χ2v) is 4.69. The van der Waals surface area contributed by atoms with Gasteiger partial charge in [0.05, 0.1) is 13.2 Å². The normalized spacial score (nSPS) is 15.9.